The zero-order valence-corrected chi connectivity index (χ0v) is 11.8. The van der Waals surface area contributed by atoms with Gasteiger partial charge in [-0.3, -0.25) is 4.90 Å². The molecule has 3 rings (SSSR count). The Bertz CT molecular complexity index is 376. The molecule has 1 atom stereocenters. The third kappa shape index (κ3) is 4.06. The second-order valence-electron chi connectivity index (χ2n) is 5.97. The highest BCUT2D eigenvalue weighted by atomic mass is 16.5. The molecule has 19 heavy (non-hydrogen) atoms. The van der Waals surface area contributed by atoms with Gasteiger partial charge in [0.2, 0.25) is 0 Å². The van der Waals surface area contributed by atoms with Gasteiger partial charge in [-0.1, -0.05) is 0 Å². The molecule has 0 unspecified atom stereocenters. The van der Waals surface area contributed by atoms with Crippen LogP contribution in [0, 0.1) is 5.92 Å². The summed E-state index contributed by atoms with van der Waals surface area (Å²) in [6.45, 7) is 6.06. The fourth-order valence-corrected chi connectivity index (χ4v) is 2.76. The van der Waals surface area contributed by atoms with Crippen LogP contribution < -0.4 is 0 Å². The molecular formula is C15H24N2O2. The standard InChI is InChI=1S/C15H24N2O2/c1-16-6-8-19-15(10-16)12-17(9-13-4-5-13)11-14-3-2-7-18-14/h2-3,7,13,15H,4-6,8-12H2,1H3/t15-/m1/s1. The van der Waals surface area contributed by atoms with E-state index >= 15 is 0 Å². The predicted octanol–water partition coefficient (Wildman–Crippen LogP) is 1.82. The van der Waals surface area contributed by atoms with E-state index in [1.807, 2.05) is 6.07 Å². The highest BCUT2D eigenvalue weighted by Gasteiger charge is 2.27. The molecule has 0 amide bonds. The lowest BCUT2D eigenvalue weighted by Gasteiger charge is -2.33. The van der Waals surface area contributed by atoms with E-state index in [-0.39, 0.29) is 0 Å². The summed E-state index contributed by atoms with van der Waals surface area (Å²) in [6.07, 6.45) is 4.88. The first kappa shape index (κ1) is 13.2. The molecular weight excluding hydrogens is 240 g/mol. The van der Waals surface area contributed by atoms with Crippen molar-refractivity contribution in [2.75, 3.05) is 39.8 Å². The molecule has 4 nitrogen and oxygen atoms in total. The zero-order valence-electron chi connectivity index (χ0n) is 11.8. The van der Waals surface area contributed by atoms with Crippen molar-refractivity contribution in [2.24, 2.45) is 5.92 Å². The summed E-state index contributed by atoms with van der Waals surface area (Å²) >= 11 is 0. The molecule has 1 aromatic heterocycles. The first-order chi connectivity index (χ1) is 9.29. The summed E-state index contributed by atoms with van der Waals surface area (Å²) in [7, 11) is 2.17. The second-order valence-corrected chi connectivity index (χ2v) is 5.97. The van der Waals surface area contributed by atoms with Gasteiger partial charge in [-0.2, -0.15) is 0 Å². The van der Waals surface area contributed by atoms with E-state index in [1.54, 1.807) is 6.26 Å². The van der Waals surface area contributed by atoms with E-state index in [2.05, 4.69) is 22.9 Å². The van der Waals surface area contributed by atoms with Crippen LogP contribution in [0.4, 0.5) is 0 Å². The summed E-state index contributed by atoms with van der Waals surface area (Å²) in [4.78, 5) is 4.86. The van der Waals surface area contributed by atoms with Crippen molar-refractivity contribution in [3.05, 3.63) is 24.2 Å². The van der Waals surface area contributed by atoms with Crippen LogP contribution in [-0.4, -0.2) is 55.7 Å². The zero-order chi connectivity index (χ0) is 13.1. The third-order valence-electron chi connectivity index (χ3n) is 3.98. The summed E-state index contributed by atoms with van der Waals surface area (Å²) in [5.74, 6) is 1.96. The maximum absolute atomic E-state index is 5.89. The Labute approximate surface area is 115 Å². The summed E-state index contributed by atoms with van der Waals surface area (Å²) in [5, 5.41) is 0. The van der Waals surface area contributed by atoms with Gasteiger partial charge in [0.15, 0.2) is 0 Å². The Morgan fingerprint density at radius 1 is 1.37 bits per heavy atom. The van der Waals surface area contributed by atoms with Crippen LogP contribution in [0.2, 0.25) is 0 Å². The average molecular weight is 264 g/mol. The van der Waals surface area contributed by atoms with Gasteiger partial charge in [-0.25, -0.2) is 0 Å². The first-order valence-electron chi connectivity index (χ1n) is 7.34. The Hall–Kier alpha value is -0.840. The maximum Gasteiger partial charge on any atom is 0.117 e. The van der Waals surface area contributed by atoms with E-state index in [1.165, 1.54) is 19.4 Å². The molecule has 2 fully saturated rings. The monoisotopic (exact) mass is 264 g/mol. The molecule has 4 heteroatoms. The SMILES string of the molecule is CN1CCO[C@@H](CN(Cc2ccco2)CC2CC2)C1. The Morgan fingerprint density at radius 2 is 2.26 bits per heavy atom. The Balaban J connectivity index is 1.55. The van der Waals surface area contributed by atoms with Crippen molar-refractivity contribution < 1.29 is 9.15 Å². The van der Waals surface area contributed by atoms with E-state index < -0.39 is 0 Å². The number of likely N-dealkylation sites (N-methyl/N-ethyl adjacent to an activating group) is 1. The number of hydrogen-bond donors (Lipinski definition) is 0. The van der Waals surface area contributed by atoms with Crippen molar-refractivity contribution >= 4 is 0 Å². The van der Waals surface area contributed by atoms with Crippen LogP contribution >= 0.6 is 0 Å². The molecule has 1 aliphatic carbocycles. The van der Waals surface area contributed by atoms with E-state index in [0.717, 1.165) is 44.5 Å². The largest absolute Gasteiger partial charge is 0.468 e. The summed E-state index contributed by atoms with van der Waals surface area (Å²) < 4.78 is 11.4. The minimum Gasteiger partial charge on any atom is -0.468 e. The molecule has 0 aromatic carbocycles. The average Bonchev–Trinajstić information content (AvgIpc) is 3.03. The van der Waals surface area contributed by atoms with Crippen molar-refractivity contribution in [3.63, 3.8) is 0 Å². The summed E-state index contributed by atoms with van der Waals surface area (Å²) in [5.41, 5.74) is 0. The van der Waals surface area contributed by atoms with Crippen LogP contribution in [0.15, 0.2) is 22.8 Å². The molecule has 1 saturated carbocycles. The minimum atomic E-state index is 0.340. The quantitative estimate of drug-likeness (QED) is 0.784. The van der Waals surface area contributed by atoms with Crippen molar-refractivity contribution in [2.45, 2.75) is 25.5 Å². The molecule has 106 valence electrons. The second kappa shape index (κ2) is 6.07. The maximum atomic E-state index is 5.89. The van der Waals surface area contributed by atoms with Gasteiger partial charge in [0.1, 0.15) is 5.76 Å². The van der Waals surface area contributed by atoms with Crippen molar-refractivity contribution in [1.82, 2.24) is 9.80 Å². The fourth-order valence-electron chi connectivity index (χ4n) is 2.76. The smallest absolute Gasteiger partial charge is 0.117 e. The molecule has 1 aliphatic heterocycles. The molecule has 0 radical (unpaired) electrons. The van der Waals surface area contributed by atoms with Gasteiger partial charge in [0, 0.05) is 26.2 Å². The number of morpholine rings is 1. The number of furan rings is 1. The minimum absolute atomic E-state index is 0.340. The van der Waals surface area contributed by atoms with E-state index in [9.17, 15) is 0 Å². The highest BCUT2D eigenvalue weighted by Crippen LogP contribution is 2.30. The number of ether oxygens (including phenoxy) is 1. The van der Waals surface area contributed by atoms with Crippen LogP contribution in [0.25, 0.3) is 0 Å². The van der Waals surface area contributed by atoms with Gasteiger partial charge < -0.3 is 14.1 Å². The van der Waals surface area contributed by atoms with Gasteiger partial charge in [-0.15, -0.1) is 0 Å². The molecule has 1 aromatic rings. The van der Waals surface area contributed by atoms with Crippen molar-refractivity contribution in [3.8, 4) is 0 Å². The molecule has 2 heterocycles. The lowest BCUT2D eigenvalue weighted by molar-refractivity contribution is -0.0379. The molecule has 0 bridgehead atoms. The van der Waals surface area contributed by atoms with E-state index in [4.69, 9.17) is 9.15 Å². The number of hydrogen-bond acceptors (Lipinski definition) is 4. The Morgan fingerprint density at radius 3 is 2.95 bits per heavy atom. The van der Waals surface area contributed by atoms with Gasteiger partial charge in [-0.05, 0) is 37.9 Å². The van der Waals surface area contributed by atoms with Crippen LogP contribution in [0.5, 0.6) is 0 Å². The van der Waals surface area contributed by atoms with E-state index in [0.29, 0.717) is 6.10 Å². The van der Waals surface area contributed by atoms with Crippen LogP contribution in [-0.2, 0) is 11.3 Å². The predicted molar refractivity (Wildman–Crippen MR) is 73.9 cm³/mol. The van der Waals surface area contributed by atoms with Crippen LogP contribution in [0.3, 0.4) is 0 Å². The van der Waals surface area contributed by atoms with Gasteiger partial charge >= 0.3 is 0 Å². The topological polar surface area (TPSA) is 28.9 Å². The van der Waals surface area contributed by atoms with Gasteiger partial charge in [0.05, 0.1) is 25.5 Å². The molecule has 0 N–H and O–H groups in total. The third-order valence-corrected chi connectivity index (χ3v) is 3.98. The van der Waals surface area contributed by atoms with Crippen molar-refractivity contribution in [1.29, 1.82) is 0 Å². The number of nitrogens with zero attached hydrogens (tertiary/aromatic N) is 2. The highest BCUT2D eigenvalue weighted by molar-refractivity contribution is 4.98. The van der Waals surface area contributed by atoms with Gasteiger partial charge in [0.25, 0.3) is 0 Å². The molecule has 0 spiro atoms. The number of rotatable bonds is 6. The first-order valence-corrected chi connectivity index (χ1v) is 7.34. The lowest BCUT2D eigenvalue weighted by atomic mass is 10.2. The Kier molecular flexibility index (Phi) is 4.21. The fraction of sp³-hybridized carbons (Fsp3) is 0.733. The lowest BCUT2D eigenvalue weighted by Crippen LogP contribution is -2.46. The van der Waals surface area contributed by atoms with Crippen LogP contribution in [0.1, 0.15) is 18.6 Å². The molecule has 2 aliphatic rings. The summed E-state index contributed by atoms with van der Waals surface area (Å²) in [6, 6.07) is 4.03. The normalized spacial score (nSPS) is 25.1. The molecule has 1 saturated heterocycles.